The molecular weight excluding hydrogens is 307 g/mol. The van der Waals surface area contributed by atoms with Gasteiger partial charge in [-0.25, -0.2) is 9.37 Å². The smallest absolute Gasteiger partial charge is 0.145 e. The van der Waals surface area contributed by atoms with Crippen molar-refractivity contribution in [3.05, 3.63) is 50.7 Å². The minimum atomic E-state index is -0.308. The second kappa shape index (κ2) is 7.87. The Hall–Kier alpha value is -0.970. The lowest BCUT2D eigenvalue weighted by Gasteiger charge is -2.18. The second-order valence-electron chi connectivity index (χ2n) is 5.13. The van der Waals surface area contributed by atoms with E-state index in [1.54, 1.807) is 29.5 Å². The number of aryl methyl sites for hydroxylation is 1. The summed E-state index contributed by atoms with van der Waals surface area (Å²) in [6.45, 7) is 5.03. The minimum absolute atomic E-state index is 0.166. The maximum Gasteiger partial charge on any atom is 0.145 e. The first-order valence-electron chi connectivity index (χ1n) is 7.17. The molecule has 1 heterocycles. The molecular formula is C16H20ClFN2S. The van der Waals surface area contributed by atoms with E-state index in [9.17, 15) is 4.39 Å². The van der Waals surface area contributed by atoms with Gasteiger partial charge in [-0.05, 0) is 37.9 Å². The molecule has 5 heteroatoms. The number of nitrogens with one attached hydrogen (secondary N) is 1. The van der Waals surface area contributed by atoms with Gasteiger partial charge in [0.05, 0.1) is 15.7 Å². The molecule has 21 heavy (non-hydrogen) atoms. The summed E-state index contributed by atoms with van der Waals surface area (Å²) in [7, 11) is 0. The zero-order valence-corrected chi connectivity index (χ0v) is 13.9. The summed E-state index contributed by atoms with van der Waals surface area (Å²) in [5, 5.41) is 6.80. The molecule has 1 unspecified atom stereocenters. The first-order chi connectivity index (χ1) is 10.1. The summed E-state index contributed by atoms with van der Waals surface area (Å²) >= 11 is 7.51. The van der Waals surface area contributed by atoms with Crippen molar-refractivity contribution >= 4 is 22.9 Å². The van der Waals surface area contributed by atoms with Crippen molar-refractivity contribution < 1.29 is 4.39 Å². The first kappa shape index (κ1) is 16.4. The zero-order valence-electron chi connectivity index (χ0n) is 12.3. The largest absolute Gasteiger partial charge is 0.313 e. The van der Waals surface area contributed by atoms with Gasteiger partial charge in [0.2, 0.25) is 0 Å². The standard InChI is InChI=1S/C16H20ClFN2S/c1-3-7-19-13(9-14-10-21-11(2)20-14)8-12-5-4-6-15(17)16(12)18/h4-6,10,13,19H,3,7-9H2,1-2H3. The fourth-order valence-corrected chi connectivity index (χ4v) is 3.11. The number of nitrogens with zero attached hydrogens (tertiary/aromatic N) is 1. The van der Waals surface area contributed by atoms with Crippen molar-refractivity contribution in [2.45, 2.75) is 39.2 Å². The van der Waals surface area contributed by atoms with Gasteiger partial charge < -0.3 is 5.32 Å². The summed E-state index contributed by atoms with van der Waals surface area (Å²) in [5.41, 5.74) is 1.72. The third-order valence-electron chi connectivity index (χ3n) is 3.30. The predicted molar refractivity (Wildman–Crippen MR) is 87.8 cm³/mol. The molecule has 0 saturated heterocycles. The number of hydrogen-bond donors (Lipinski definition) is 1. The van der Waals surface area contributed by atoms with Crippen LogP contribution < -0.4 is 5.32 Å². The van der Waals surface area contributed by atoms with Crippen LogP contribution in [0.5, 0.6) is 0 Å². The molecule has 0 spiro atoms. The molecule has 0 aliphatic carbocycles. The molecule has 0 saturated carbocycles. The van der Waals surface area contributed by atoms with Crippen molar-refractivity contribution in [3.8, 4) is 0 Å². The Bertz CT molecular complexity index is 585. The van der Waals surface area contributed by atoms with Crippen LogP contribution in [0.3, 0.4) is 0 Å². The van der Waals surface area contributed by atoms with Crippen LogP contribution in [0.15, 0.2) is 23.6 Å². The van der Waals surface area contributed by atoms with E-state index < -0.39 is 0 Å². The number of benzene rings is 1. The van der Waals surface area contributed by atoms with E-state index in [2.05, 4.69) is 22.6 Å². The van der Waals surface area contributed by atoms with Crippen LogP contribution in [0.1, 0.15) is 29.6 Å². The molecule has 2 rings (SSSR count). The predicted octanol–water partition coefficient (Wildman–Crippen LogP) is 4.40. The summed E-state index contributed by atoms with van der Waals surface area (Å²) in [6.07, 6.45) is 2.46. The lowest BCUT2D eigenvalue weighted by molar-refractivity contribution is 0.489. The molecule has 1 aromatic carbocycles. The van der Waals surface area contributed by atoms with Gasteiger partial charge >= 0.3 is 0 Å². The van der Waals surface area contributed by atoms with Crippen LogP contribution in [0.2, 0.25) is 5.02 Å². The van der Waals surface area contributed by atoms with E-state index in [0.29, 0.717) is 12.0 Å². The number of aromatic nitrogens is 1. The fourth-order valence-electron chi connectivity index (χ4n) is 2.29. The van der Waals surface area contributed by atoms with E-state index in [1.165, 1.54) is 0 Å². The van der Waals surface area contributed by atoms with Gasteiger partial charge in [-0.1, -0.05) is 30.7 Å². The van der Waals surface area contributed by atoms with Gasteiger partial charge in [0.1, 0.15) is 5.82 Å². The molecule has 0 aliphatic rings. The van der Waals surface area contributed by atoms with E-state index in [1.807, 2.05) is 6.92 Å². The van der Waals surface area contributed by atoms with Gasteiger partial charge in [0, 0.05) is 17.8 Å². The first-order valence-corrected chi connectivity index (χ1v) is 8.43. The molecule has 0 bridgehead atoms. The normalized spacial score (nSPS) is 12.6. The van der Waals surface area contributed by atoms with Crippen molar-refractivity contribution in [2.24, 2.45) is 0 Å². The summed E-state index contributed by atoms with van der Waals surface area (Å²) in [5.74, 6) is -0.308. The quantitative estimate of drug-likeness (QED) is 0.816. The fraction of sp³-hybridized carbons (Fsp3) is 0.438. The Morgan fingerprint density at radius 2 is 2.19 bits per heavy atom. The molecule has 0 fully saturated rings. The van der Waals surface area contributed by atoms with E-state index in [-0.39, 0.29) is 16.9 Å². The lowest BCUT2D eigenvalue weighted by Crippen LogP contribution is -2.34. The van der Waals surface area contributed by atoms with Crippen LogP contribution in [0, 0.1) is 12.7 Å². The molecule has 0 aliphatic heterocycles. The van der Waals surface area contributed by atoms with Crippen LogP contribution in [-0.4, -0.2) is 17.6 Å². The Kier molecular flexibility index (Phi) is 6.15. The SMILES string of the molecule is CCCNC(Cc1csc(C)n1)Cc1cccc(Cl)c1F. The third kappa shape index (κ3) is 4.77. The van der Waals surface area contributed by atoms with Crippen LogP contribution in [-0.2, 0) is 12.8 Å². The van der Waals surface area contributed by atoms with Gasteiger partial charge in [0.15, 0.2) is 0 Å². The Balaban J connectivity index is 2.10. The lowest BCUT2D eigenvalue weighted by atomic mass is 10.0. The maximum absolute atomic E-state index is 14.1. The number of hydrogen-bond acceptors (Lipinski definition) is 3. The molecule has 2 nitrogen and oxygen atoms in total. The zero-order chi connectivity index (χ0) is 15.2. The summed E-state index contributed by atoms with van der Waals surface area (Å²) in [4.78, 5) is 4.50. The summed E-state index contributed by atoms with van der Waals surface area (Å²) in [6, 6.07) is 5.34. The maximum atomic E-state index is 14.1. The third-order valence-corrected chi connectivity index (χ3v) is 4.42. The van der Waals surface area contributed by atoms with Crippen molar-refractivity contribution in [1.29, 1.82) is 0 Å². The van der Waals surface area contributed by atoms with Crippen LogP contribution in [0.25, 0.3) is 0 Å². The highest BCUT2D eigenvalue weighted by Gasteiger charge is 2.15. The topological polar surface area (TPSA) is 24.9 Å². The molecule has 0 radical (unpaired) electrons. The Morgan fingerprint density at radius 3 is 2.86 bits per heavy atom. The number of thiazole rings is 1. The van der Waals surface area contributed by atoms with Crippen LogP contribution >= 0.6 is 22.9 Å². The van der Waals surface area contributed by atoms with E-state index in [4.69, 9.17) is 11.6 Å². The van der Waals surface area contributed by atoms with E-state index >= 15 is 0 Å². The van der Waals surface area contributed by atoms with Gasteiger partial charge in [-0.3, -0.25) is 0 Å². The van der Waals surface area contributed by atoms with Gasteiger partial charge in [-0.2, -0.15) is 0 Å². The van der Waals surface area contributed by atoms with Crippen molar-refractivity contribution in [2.75, 3.05) is 6.54 Å². The summed E-state index contributed by atoms with van der Waals surface area (Å²) < 4.78 is 14.1. The van der Waals surface area contributed by atoms with Crippen LogP contribution in [0.4, 0.5) is 4.39 Å². The highest BCUT2D eigenvalue weighted by atomic mass is 35.5. The van der Waals surface area contributed by atoms with Gasteiger partial charge in [-0.15, -0.1) is 11.3 Å². The molecule has 1 aromatic heterocycles. The van der Waals surface area contributed by atoms with Crippen molar-refractivity contribution in [3.63, 3.8) is 0 Å². The second-order valence-corrected chi connectivity index (χ2v) is 6.60. The van der Waals surface area contributed by atoms with Gasteiger partial charge in [0.25, 0.3) is 0 Å². The minimum Gasteiger partial charge on any atom is -0.313 e. The number of halogens is 2. The highest BCUT2D eigenvalue weighted by Crippen LogP contribution is 2.20. The molecule has 0 amide bonds. The molecule has 114 valence electrons. The average Bonchev–Trinajstić information content (AvgIpc) is 2.86. The van der Waals surface area contributed by atoms with Crippen molar-refractivity contribution in [1.82, 2.24) is 10.3 Å². The highest BCUT2D eigenvalue weighted by molar-refractivity contribution is 7.09. The molecule has 1 N–H and O–H groups in total. The average molecular weight is 327 g/mol. The Labute approximate surface area is 134 Å². The number of rotatable bonds is 7. The van der Waals surface area contributed by atoms with E-state index in [0.717, 1.165) is 30.1 Å². The molecule has 1 atom stereocenters. The Morgan fingerprint density at radius 1 is 1.38 bits per heavy atom. The monoisotopic (exact) mass is 326 g/mol. The molecule has 2 aromatic rings.